The average molecular weight is 245 g/mol. The summed E-state index contributed by atoms with van der Waals surface area (Å²) >= 11 is 0. The van der Waals surface area contributed by atoms with E-state index in [1.54, 1.807) is 0 Å². The Labute approximate surface area is 115 Å². The molecule has 2 aliphatic rings. The van der Waals surface area contributed by atoms with Crippen molar-refractivity contribution in [3.05, 3.63) is 12.2 Å². The molecule has 0 atom stereocenters. The lowest BCUT2D eigenvalue weighted by atomic mass is 9.47. The van der Waals surface area contributed by atoms with E-state index in [9.17, 15) is 0 Å². The summed E-state index contributed by atoms with van der Waals surface area (Å²) in [5.74, 6) is 3.81. The summed E-state index contributed by atoms with van der Waals surface area (Å²) in [6.07, 6.45) is 12.9. The van der Waals surface area contributed by atoms with Crippen molar-refractivity contribution in [3.8, 4) is 0 Å². The van der Waals surface area contributed by atoms with Crippen LogP contribution in [0.5, 0.6) is 0 Å². The Morgan fingerprint density at radius 3 is 1.94 bits per heavy atom. The number of hydrogen-bond acceptors (Lipinski definition) is 0. The third-order valence-electron chi connectivity index (χ3n) is 5.13. The molecule has 18 heavy (non-hydrogen) atoms. The van der Waals surface area contributed by atoms with Gasteiger partial charge in [-0.2, -0.15) is 0 Å². The van der Waals surface area contributed by atoms with Gasteiger partial charge >= 0.3 is 0 Å². The fourth-order valence-corrected chi connectivity index (χ4v) is 3.94. The molecule has 0 aromatic carbocycles. The molecule has 0 unspecified atom stereocenters. The van der Waals surface area contributed by atoms with Crippen LogP contribution in [0.3, 0.4) is 0 Å². The van der Waals surface area contributed by atoms with Gasteiger partial charge in [0.1, 0.15) is 7.28 Å². The maximum Gasteiger partial charge on any atom is 0.117 e. The molecule has 0 N–H and O–H groups in total. The second-order valence-electron chi connectivity index (χ2n) is 7.15. The van der Waals surface area contributed by atoms with Crippen LogP contribution in [-0.2, 0) is 0 Å². The zero-order valence-electron chi connectivity index (χ0n) is 12.5. The van der Waals surface area contributed by atoms with Crippen molar-refractivity contribution >= 4 is 7.28 Å². The van der Waals surface area contributed by atoms with E-state index in [4.69, 9.17) is 0 Å². The average Bonchev–Trinajstić information content (AvgIpc) is 2.34. The monoisotopic (exact) mass is 245 g/mol. The van der Waals surface area contributed by atoms with Gasteiger partial charge in [0.25, 0.3) is 0 Å². The van der Waals surface area contributed by atoms with E-state index in [0.29, 0.717) is 0 Å². The van der Waals surface area contributed by atoms with Crippen LogP contribution in [0.4, 0.5) is 0 Å². The van der Waals surface area contributed by atoms with Gasteiger partial charge < -0.3 is 0 Å². The molecule has 0 nitrogen and oxygen atoms in total. The third kappa shape index (κ3) is 4.48. The quantitative estimate of drug-likeness (QED) is 0.444. The molecule has 1 heteroatoms. The minimum atomic E-state index is 0.935. The van der Waals surface area contributed by atoms with Gasteiger partial charge in [-0.15, -0.1) is 6.58 Å². The summed E-state index contributed by atoms with van der Waals surface area (Å²) in [6, 6.07) is 0. The molecule has 0 aromatic heterocycles. The van der Waals surface area contributed by atoms with Crippen LogP contribution in [0, 0.1) is 11.8 Å². The molecular weight excluding hydrogens is 215 g/mol. The second-order valence-corrected chi connectivity index (χ2v) is 7.15. The molecule has 2 saturated carbocycles. The van der Waals surface area contributed by atoms with Crippen molar-refractivity contribution in [3.63, 3.8) is 0 Å². The second kappa shape index (κ2) is 6.82. The molecule has 0 heterocycles. The van der Waals surface area contributed by atoms with Gasteiger partial charge in [0.15, 0.2) is 0 Å². The molecule has 0 aromatic rings. The van der Waals surface area contributed by atoms with Crippen molar-refractivity contribution in [2.45, 2.75) is 83.3 Å². The molecule has 2 aliphatic carbocycles. The predicted octanol–water partition coefficient (Wildman–Crippen LogP) is 5.63. The predicted molar refractivity (Wildman–Crippen MR) is 82.3 cm³/mol. The van der Waals surface area contributed by atoms with Crippen LogP contribution in [0.25, 0.3) is 0 Å². The fourth-order valence-electron chi connectivity index (χ4n) is 3.94. The van der Waals surface area contributed by atoms with E-state index in [1.165, 1.54) is 63.4 Å². The maximum atomic E-state index is 4.06. The van der Waals surface area contributed by atoms with Gasteiger partial charge in [-0.25, -0.2) is 0 Å². The number of allylic oxidation sites excluding steroid dienone is 1. The molecule has 2 rings (SSSR count). The van der Waals surface area contributed by atoms with Crippen LogP contribution in [-0.4, -0.2) is 7.28 Å². The first-order valence-corrected chi connectivity index (χ1v) is 8.13. The van der Waals surface area contributed by atoms with E-state index >= 15 is 0 Å². The molecule has 0 aliphatic heterocycles. The van der Waals surface area contributed by atoms with Gasteiger partial charge in [0.2, 0.25) is 0 Å². The van der Waals surface area contributed by atoms with Crippen molar-refractivity contribution in [2.24, 2.45) is 11.8 Å². The smallest absolute Gasteiger partial charge is 0.100 e. The minimum absolute atomic E-state index is 0.935. The van der Waals surface area contributed by atoms with Crippen LogP contribution < -0.4 is 0 Å². The molecule has 0 spiro atoms. The normalized spacial score (nSPS) is 37.2. The standard InChI is InChI=1S/C17H30B/c1-13(2)12-15-6-10-17(11-7-15)18-16-8-4-14(3)5-9-16/h14-17H,1,4-12H2,2-3H3. The zero-order valence-corrected chi connectivity index (χ0v) is 12.5. The first-order valence-electron chi connectivity index (χ1n) is 8.13. The van der Waals surface area contributed by atoms with E-state index in [1.807, 2.05) is 0 Å². The van der Waals surface area contributed by atoms with Crippen molar-refractivity contribution in [2.75, 3.05) is 0 Å². The van der Waals surface area contributed by atoms with E-state index < -0.39 is 0 Å². The van der Waals surface area contributed by atoms with Crippen LogP contribution in [0.1, 0.15) is 71.6 Å². The molecule has 0 saturated heterocycles. The van der Waals surface area contributed by atoms with Gasteiger partial charge in [0.05, 0.1) is 0 Å². The van der Waals surface area contributed by atoms with Crippen LogP contribution >= 0.6 is 0 Å². The lowest BCUT2D eigenvalue weighted by Gasteiger charge is -2.33. The molecule has 0 bridgehead atoms. The summed E-state index contributed by atoms with van der Waals surface area (Å²) in [4.78, 5) is 0. The highest BCUT2D eigenvalue weighted by Crippen LogP contribution is 2.40. The van der Waals surface area contributed by atoms with Gasteiger partial charge in [-0.1, -0.05) is 75.5 Å². The summed E-state index contributed by atoms with van der Waals surface area (Å²) in [5, 5.41) is 0. The Morgan fingerprint density at radius 2 is 1.44 bits per heavy atom. The minimum Gasteiger partial charge on any atom is -0.100 e. The lowest BCUT2D eigenvalue weighted by molar-refractivity contribution is 0.346. The molecule has 101 valence electrons. The van der Waals surface area contributed by atoms with E-state index in [0.717, 1.165) is 23.5 Å². The molecular formula is C17H30B. The highest BCUT2D eigenvalue weighted by Gasteiger charge is 2.26. The topological polar surface area (TPSA) is 0 Å². The molecule has 2 fully saturated rings. The zero-order chi connectivity index (χ0) is 13.0. The Morgan fingerprint density at radius 1 is 0.944 bits per heavy atom. The summed E-state index contributed by atoms with van der Waals surface area (Å²) in [6.45, 7) is 8.66. The Bertz CT molecular complexity index is 255. The molecule has 0 amide bonds. The van der Waals surface area contributed by atoms with Crippen LogP contribution in [0.15, 0.2) is 12.2 Å². The Balaban J connectivity index is 1.65. The Hall–Kier alpha value is -0.195. The highest BCUT2D eigenvalue weighted by molar-refractivity contribution is 6.39. The summed E-state index contributed by atoms with van der Waals surface area (Å²) < 4.78 is 0. The van der Waals surface area contributed by atoms with Gasteiger partial charge in [-0.3, -0.25) is 0 Å². The number of rotatable bonds is 4. The fraction of sp³-hybridized carbons (Fsp3) is 0.882. The van der Waals surface area contributed by atoms with Gasteiger partial charge in [0, 0.05) is 0 Å². The van der Waals surface area contributed by atoms with Crippen molar-refractivity contribution < 1.29 is 0 Å². The van der Waals surface area contributed by atoms with Crippen molar-refractivity contribution in [1.29, 1.82) is 0 Å². The molecule has 1 radical (unpaired) electrons. The summed E-state index contributed by atoms with van der Waals surface area (Å²) in [7, 11) is 2.74. The van der Waals surface area contributed by atoms with E-state index in [2.05, 4.69) is 27.7 Å². The SMILES string of the molecule is C=C(C)CC1CCC([B]C2CCC(C)CC2)CC1. The highest BCUT2D eigenvalue weighted by atomic mass is 14.2. The number of hydrogen-bond donors (Lipinski definition) is 0. The van der Waals surface area contributed by atoms with Crippen molar-refractivity contribution in [1.82, 2.24) is 0 Å². The van der Waals surface area contributed by atoms with Gasteiger partial charge in [-0.05, 0) is 25.2 Å². The first kappa shape index (κ1) is 14.2. The summed E-state index contributed by atoms with van der Waals surface area (Å²) in [5.41, 5.74) is 1.38. The maximum absolute atomic E-state index is 4.06. The lowest BCUT2D eigenvalue weighted by Crippen LogP contribution is -2.21. The third-order valence-corrected chi connectivity index (χ3v) is 5.13. The Kier molecular flexibility index (Phi) is 5.39. The first-order chi connectivity index (χ1) is 8.63. The largest absolute Gasteiger partial charge is 0.117 e. The van der Waals surface area contributed by atoms with Crippen LogP contribution in [0.2, 0.25) is 11.6 Å². The van der Waals surface area contributed by atoms with E-state index in [-0.39, 0.29) is 0 Å².